The lowest BCUT2D eigenvalue weighted by molar-refractivity contribution is -0.105. The number of aromatic nitrogens is 2. The predicted octanol–water partition coefficient (Wildman–Crippen LogP) is 6.38. The molecule has 0 atom stereocenters. The number of benzene rings is 2. The molecule has 2 N–H and O–H groups in total. The van der Waals surface area contributed by atoms with E-state index in [2.05, 4.69) is 67.4 Å². The Hall–Kier alpha value is -4.97. The summed E-state index contributed by atoms with van der Waals surface area (Å²) in [7, 11) is 7.53. The summed E-state index contributed by atoms with van der Waals surface area (Å²) in [6.45, 7) is 10.7. The summed E-state index contributed by atoms with van der Waals surface area (Å²) in [6.07, 6.45) is 0.519. The van der Waals surface area contributed by atoms with Crippen molar-refractivity contribution in [2.45, 2.75) is 58.8 Å². The second-order valence-corrected chi connectivity index (χ2v) is 12.2. The van der Waals surface area contributed by atoms with Gasteiger partial charge in [0.15, 0.2) is 22.9 Å². The second-order valence-electron chi connectivity index (χ2n) is 12.2. The summed E-state index contributed by atoms with van der Waals surface area (Å²) >= 11 is 0. The van der Waals surface area contributed by atoms with Gasteiger partial charge in [-0.2, -0.15) is 9.97 Å². The number of ether oxygens (including phenoxy) is 6. The highest BCUT2D eigenvalue weighted by molar-refractivity contribution is 6.03. The van der Waals surface area contributed by atoms with Crippen molar-refractivity contribution in [1.29, 1.82) is 0 Å². The standard InChI is InChI=1S/C35H42N4O8/c1-19-13-23-24(35(4,5)47-34(23,2)3)17-21(19)16-22-11-12-25(46-22)30(40)37-28-31(44-9)38-33(39-32(28)45-10)36-18-20-14-26(41-6)29(43-8)27(15-20)42-7/h11-15,17H,16,18H2,1-10H3,(H,37,40)(H,36,38,39). The number of furan rings is 1. The van der Waals surface area contributed by atoms with E-state index in [0.29, 0.717) is 36.0 Å². The maximum Gasteiger partial charge on any atom is 0.291 e. The van der Waals surface area contributed by atoms with Crippen LogP contribution in [0, 0.1) is 6.92 Å². The number of hydrogen-bond acceptors (Lipinski definition) is 11. The number of methoxy groups -OCH3 is 5. The van der Waals surface area contributed by atoms with E-state index >= 15 is 0 Å². The maximum absolute atomic E-state index is 13.3. The van der Waals surface area contributed by atoms with Crippen LogP contribution in [0.1, 0.15) is 71.8 Å². The molecule has 0 saturated carbocycles. The van der Waals surface area contributed by atoms with Crippen LogP contribution in [0.15, 0.2) is 40.8 Å². The fraction of sp³-hybridized carbons (Fsp3) is 0.400. The molecule has 0 saturated heterocycles. The van der Waals surface area contributed by atoms with E-state index in [1.54, 1.807) is 33.5 Å². The van der Waals surface area contributed by atoms with Gasteiger partial charge in [-0.05, 0) is 86.7 Å². The molecule has 47 heavy (non-hydrogen) atoms. The summed E-state index contributed by atoms with van der Waals surface area (Å²) in [5.41, 5.74) is 4.80. The van der Waals surface area contributed by atoms with Gasteiger partial charge >= 0.3 is 0 Å². The van der Waals surface area contributed by atoms with Crippen LogP contribution in [-0.2, 0) is 28.9 Å². The van der Waals surface area contributed by atoms with Crippen molar-refractivity contribution >= 4 is 17.5 Å². The van der Waals surface area contributed by atoms with Gasteiger partial charge < -0.3 is 43.5 Å². The minimum absolute atomic E-state index is 0.103. The molecule has 0 unspecified atom stereocenters. The number of hydrogen-bond donors (Lipinski definition) is 2. The van der Waals surface area contributed by atoms with E-state index in [9.17, 15) is 4.79 Å². The van der Waals surface area contributed by atoms with Gasteiger partial charge in [-0.1, -0.05) is 12.1 Å². The quantitative estimate of drug-likeness (QED) is 0.178. The van der Waals surface area contributed by atoms with E-state index in [-0.39, 0.29) is 34.8 Å². The summed E-state index contributed by atoms with van der Waals surface area (Å²) < 4.78 is 39.6. The Morgan fingerprint density at radius 2 is 1.40 bits per heavy atom. The molecule has 1 aliphatic heterocycles. The first kappa shape index (κ1) is 33.4. The molecule has 2 aromatic carbocycles. The van der Waals surface area contributed by atoms with Crippen molar-refractivity contribution in [2.24, 2.45) is 0 Å². The smallest absolute Gasteiger partial charge is 0.291 e. The molecular formula is C35H42N4O8. The van der Waals surface area contributed by atoms with Gasteiger partial charge in [0.1, 0.15) is 5.76 Å². The molecular weight excluding hydrogens is 604 g/mol. The van der Waals surface area contributed by atoms with Crippen molar-refractivity contribution in [1.82, 2.24) is 9.97 Å². The molecule has 0 fully saturated rings. The van der Waals surface area contributed by atoms with Crippen molar-refractivity contribution in [2.75, 3.05) is 46.2 Å². The van der Waals surface area contributed by atoms with Crippen molar-refractivity contribution < 1.29 is 37.6 Å². The zero-order valence-electron chi connectivity index (χ0n) is 28.5. The topological polar surface area (TPSA) is 135 Å². The fourth-order valence-electron chi connectivity index (χ4n) is 5.97. The molecule has 12 heteroatoms. The Balaban J connectivity index is 1.32. The first-order chi connectivity index (χ1) is 22.3. The molecule has 250 valence electrons. The molecule has 1 amide bonds. The first-order valence-corrected chi connectivity index (χ1v) is 15.1. The molecule has 0 aliphatic carbocycles. The molecule has 3 heterocycles. The van der Waals surface area contributed by atoms with Gasteiger partial charge in [-0.25, -0.2) is 0 Å². The molecule has 2 aromatic heterocycles. The number of anilines is 2. The second kappa shape index (κ2) is 13.0. The van der Waals surface area contributed by atoms with Crippen LogP contribution in [0.5, 0.6) is 29.0 Å². The van der Waals surface area contributed by atoms with Gasteiger partial charge in [0.25, 0.3) is 5.91 Å². The zero-order chi connectivity index (χ0) is 34.1. The van der Waals surface area contributed by atoms with E-state index in [4.69, 9.17) is 32.8 Å². The fourth-order valence-corrected chi connectivity index (χ4v) is 5.97. The van der Waals surface area contributed by atoms with Crippen LogP contribution in [0.4, 0.5) is 11.6 Å². The van der Waals surface area contributed by atoms with Gasteiger partial charge in [0.2, 0.25) is 23.5 Å². The SMILES string of the molecule is COc1cc(CNc2nc(OC)c(NC(=O)c3ccc(Cc4cc5c(cc4C)C(C)(C)OC5(C)C)o3)c(OC)n2)cc(OC)c1OC. The van der Waals surface area contributed by atoms with Crippen LogP contribution >= 0.6 is 0 Å². The van der Waals surface area contributed by atoms with Crippen LogP contribution < -0.4 is 34.3 Å². The molecule has 0 radical (unpaired) electrons. The highest BCUT2D eigenvalue weighted by atomic mass is 16.5. The van der Waals surface area contributed by atoms with E-state index < -0.39 is 11.5 Å². The molecule has 1 aliphatic rings. The Kier molecular flexibility index (Phi) is 9.26. The van der Waals surface area contributed by atoms with E-state index in [1.807, 2.05) is 12.1 Å². The Bertz CT molecular complexity index is 1750. The number of carbonyl (C=O) groups is 1. The lowest BCUT2D eigenvalue weighted by atomic mass is 9.86. The number of fused-ring (bicyclic) bond motifs is 1. The predicted molar refractivity (Wildman–Crippen MR) is 176 cm³/mol. The number of nitrogens with one attached hydrogen (secondary N) is 2. The van der Waals surface area contributed by atoms with E-state index in [0.717, 1.165) is 22.3 Å². The minimum Gasteiger partial charge on any atom is -0.493 e. The van der Waals surface area contributed by atoms with Crippen LogP contribution in [-0.4, -0.2) is 51.4 Å². The molecule has 0 bridgehead atoms. The molecule has 5 rings (SSSR count). The Labute approximate surface area is 274 Å². The third-order valence-corrected chi connectivity index (χ3v) is 8.18. The lowest BCUT2D eigenvalue weighted by Crippen LogP contribution is -2.22. The number of nitrogens with zero attached hydrogens (tertiary/aromatic N) is 2. The monoisotopic (exact) mass is 646 g/mol. The van der Waals surface area contributed by atoms with Gasteiger partial charge in [0, 0.05) is 13.0 Å². The van der Waals surface area contributed by atoms with Gasteiger partial charge in [-0.3, -0.25) is 4.79 Å². The van der Waals surface area contributed by atoms with Crippen LogP contribution in [0.2, 0.25) is 0 Å². The maximum atomic E-state index is 13.3. The van der Waals surface area contributed by atoms with E-state index in [1.165, 1.54) is 19.8 Å². The third kappa shape index (κ3) is 6.64. The number of aryl methyl sites for hydroxylation is 1. The van der Waals surface area contributed by atoms with Crippen molar-refractivity contribution in [3.8, 4) is 29.0 Å². The highest BCUT2D eigenvalue weighted by Crippen LogP contribution is 2.47. The highest BCUT2D eigenvalue weighted by Gasteiger charge is 2.43. The Morgan fingerprint density at radius 3 is 1.96 bits per heavy atom. The number of rotatable bonds is 12. The summed E-state index contributed by atoms with van der Waals surface area (Å²) in [5, 5.41) is 5.93. The summed E-state index contributed by atoms with van der Waals surface area (Å²) in [5.74, 6) is 2.21. The molecule has 4 aromatic rings. The van der Waals surface area contributed by atoms with Gasteiger partial charge in [-0.15, -0.1) is 0 Å². The minimum atomic E-state index is -0.503. The molecule has 0 spiro atoms. The summed E-state index contributed by atoms with van der Waals surface area (Å²) in [4.78, 5) is 22.2. The first-order valence-electron chi connectivity index (χ1n) is 15.1. The van der Waals surface area contributed by atoms with Crippen LogP contribution in [0.25, 0.3) is 0 Å². The van der Waals surface area contributed by atoms with Crippen molar-refractivity contribution in [3.05, 3.63) is 75.7 Å². The zero-order valence-corrected chi connectivity index (χ0v) is 28.5. The average Bonchev–Trinajstić information content (AvgIpc) is 3.58. The van der Waals surface area contributed by atoms with Crippen LogP contribution in [0.3, 0.4) is 0 Å². The van der Waals surface area contributed by atoms with Gasteiger partial charge in [0.05, 0.1) is 46.8 Å². The molecule has 12 nitrogen and oxygen atoms in total. The van der Waals surface area contributed by atoms with Crippen molar-refractivity contribution in [3.63, 3.8) is 0 Å². The lowest BCUT2D eigenvalue weighted by Gasteiger charge is -2.24. The number of carbonyl (C=O) groups excluding carboxylic acids is 1. The third-order valence-electron chi connectivity index (χ3n) is 8.18. The number of amides is 1. The largest absolute Gasteiger partial charge is 0.493 e. The normalized spacial score (nSPS) is 14.3. The summed E-state index contributed by atoms with van der Waals surface area (Å²) in [6, 6.07) is 11.4. The average molecular weight is 647 g/mol. The Morgan fingerprint density at radius 1 is 0.809 bits per heavy atom.